The first-order chi connectivity index (χ1) is 9.43. The molecule has 0 saturated heterocycles. The van der Waals surface area contributed by atoms with Gasteiger partial charge in [-0.15, -0.1) is 0 Å². The first-order valence-electron chi connectivity index (χ1n) is 6.13. The molecule has 1 aromatic rings. The lowest BCUT2D eigenvalue weighted by Crippen LogP contribution is -2.40. The molecule has 0 spiro atoms. The zero-order valence-electron chi connectivity index (χ0n) is 11.5. The molecule has 2 N–H and O–H groups in total. The Morgan fingerprint density at radius 3 is 2.50 bits per heavy atom. The number of carbonyl (C=O) groups excluding carboxylic acids is 1. The SMILES string of the molecule is CC(C(=O)O)N(C)CC(=O)Nc1ccc(CC#N)cc1. The molecule has 0 bridgehead atoms. The van der Waals surface area contributed by atoms with Crippen molar-refractivity contribution >= 4 is 17.6 Å². The van der Waals surface area contributed by atoms with Crippen molar-refractivity contribution in [1.29, 1.82) is 5.26 Å². The van der Waals surface area contributed by atoms with Gasteiger partial charge >= 0.3 is 5.97 Å². The fourth-order valence-corrected chi connectivity index (χ4v) is 1.55. The summed E-state index contributed by atoms with van der Waals surface area (Å²) in [5.41, 5.74) is 1.50. The number of carboxylic acids is 1. The Balaban J connectivity index is 2.54. The van der Waals surface area contributed by atoms with Gasteiger partial charge in [0.2, 0.25) is 5.91 Å². The summed E-state index contributed by atoms with van der Waals surface area (Å²) in [7, 11) is 1.58. The lowest BCUT2D eigenvalue weighted by Gasteiger charge is -2.20. The number of anilines is 1. The van der Waals surface area contributed by atoms with Gasteiger partial charge < -0.3 is 10.4 Å². The van der Waals surface area contributed by atoms with Crippen LogP contribution in [0.4, 0.5) is 5.69 Å². The van der Waals surface area contributed by atoms with Crippen LogP contribution >= 0.6 is 0 Å². The van der Waals surface area contributed by atoms with Crippen molar-refractivity contribution < 1.29 is 14.7 Å². The minimum atomic E-state index is -0.971. The van der Waals surface area contributed by atoms with Crippen LogP contribution in [0.3, 0.4) is 0 Å². The predicted octanol–water partition coefficient (Wildman–Crippen LogP) is 1.10. The number of nitrogens with one attached hydrogen (secondary N) is 1. The van der Waals surface area contributed by atoms with Crippen molar-refractivity contribution in [2.45, 2.75) is 19.4 Å². The zero-order chi connectivity index (χ0) is 15.1. The number of carbonyl (C=O) groups is 2. The van der Waals surface area contributed by atoms with Gasteiger partial charge in [0.15, 0.2) is 0 Å². The number of benzene rings is 1. The number of hydrogen-bond donors (Lipinski definition) is 2. The fourth-order valence-electron chi connectivity index (χ4n) is 1.55. The standard InChI is InChI=1S/C14H17N3O3/c1-10(14(19)20)17(2)9-13(18)16-12-5-3-11(4-6-12)7-8-15/h3-6,10H,7,9H2,1-2H3,(H,16,18)(H,19,20). The van der Waals surface area contributed by atoms with Crippen LogP contribution in [0.1, 0.15) is 12.5 Å². The molecule has 0 aliphatic carbocycles. The molecule has 0 aliphatic heterocycles. The topological polar surface area (TPSA) is 93.4 Å². The third-order valence-corrected chi connectivity index (χ3v) is 2.93. The fraction of sp³-hybridized carbons (Fsp3) is 0.357. The second kappa shape index (κ2) is 7.26. The molecule has 0 aliphatic rings. The summed E-state index contributed by atoms with van der Waals surface area (Å²) in [5, 5.41) is 20.1. The van der Waals surface area contributed by atoms with Crippen LogP contribution in [0, 0.1) is 11.3 Å². The molecule has 1 atom stereocenters. The molecule has 1 aromatic carbocycles. The van der Waals surface area contributed by atoms with E-state index < -0.39 is 12.0 Å². The molecule has 20 heavy (non-hydrogen) atoms. The predicted molar refractivity (Wildman–Crippen MR) is 74.1 cm³/mol. The summed E-state index contributed by atoms with van der Waals surface area (Å²) in [6.07, 6.45) is 0.326. The maximum atomic E-state index is 11.8. The number of nitrogens with zero attached hydrogens (tertiary/aromatic N) is 2. The number of amides is 1. The summed E-state index contributed by atoms with van der Waals surface area (Å²) < 4.78 is 0. The van der Waals surface area contributed by atoms with Gasteiger partial charge in [-0.25, -0.2) is 0 Å². The molecular formula is C14H17N3O3. The van der Waals surface area contributed by atoms with Gasteiger partial charge in [0.1, 0.15) is 6.04 Å². The number of nitriles is 1. The van der Waals surface area contributed by atoms with Crippen molar-refractivity contribution in [3.8, 4) is 6.07 Å². The Morgan fingerprint density at radius 1 is 1.40 bits per heavy atom. The van der Waals surface area contributed by atoms with E-state index in [1.165, 1.54) is 11.8 Å². The van der Waals surface area contributed by atoms with Crippen LogP contribution in [0.5, 0.6) is 0 Å². The molecule has 6 nitrogen and oxygen atoms in total. The maximum absolute atomic E-state index is 11.8. The van der Waals surface area contributed by atoms with E-state index >= 15 is 0 Å². The molecule has 0 radical (unpaired) electrons. The van der Waals surface area contributed by atoms with Crippen LogP contribution in [-0.2, 0) is 16.0 Å². The smallest absolute Gasteiger partial charge is 0.320 e. The highest BCUT2D eigenvalue weighted by Crippen LogP contribution is 2.10. The van der Waals surface area contributed by atoms with E-state index in [2.05, 4.69) is 5.32 Å². The van der Waals surface area contributed by atoms with Crippen molar-refractivity contribution in [3.05, 3.63) is 29.8 Å². The van der Waals surface area contributed by atoms with Gasteiger partial charge in [0, 0.05) is 5.69 Å². The second-order valence-electron chi connectivity index (χ2n) is 4.51. The quantitative estimate of drug-likeness (QED) is 0.810. The summed E-state index contributed by atoms with van der Waals surface area (Å²) in [4.78, 5) is 24.0. The van der Waals surface area contributed by atoms with Crippen molar-refractivity contribution in [1.82, 2.24) is 4.90 Å². The average Bonchev–Trinajstić information content (AvgIpc) is 2.40. The summed E-state index contributed by atoms with van der Waals surface area (Å²) in [5.74, 6) is -1.25. The van der Waals surface area contributed by atoms with E-state index in [1.54, 1.807) is 31.3 Å². The van der Waals surface area contributed by atoms with E-state index in [-0.39, 0.29) is 12.5 Å². The molecule has 0 saturated carbocycles. The number of rotatable bonds is 6. The van der Waals surface area contributed by atoms with Crippen LogP contribution < -0.4 is 5.32 Å². The highest BCUT2D eigenvalue weighted by Gasteiger charge is 2.18. The lowest BCUT2D eigenvalue weighted by molar-refractivity contribution is -0.142. The van der Waals surface area contributed by atoms with E-state index in [9.17, 15) is 9.59 Å². The van der Waals surface area contributed by atoms with Gasteiger partial charge in [0.25, 0.3) is 0 Å². The summed E-state index contributed by atoms with van der Waals surface area (Å²) in [6, 6.07) is 8.28. The van der Waals surface area contributed by atoms with Crippen molar-refractivity contribution in [3.63, 3.8) is 0 Å². The van der Waals surface area contributed by atoms with Gasteiger partial charge in [0.05, 0.1) is 19.0 Å². The highest BCUT2D eigenvalue weighted by molar-refractivity contribution is 5.92. The molecular weight excluding hydrogens is 258 g/mol. The molecule has 6 heteroatoms. The molecule has 1 unspecified atom stereocenters. The Labute approximate surface area is 117 Å². The Morgan fingerprint density at radius 2 is 2.00 bits per heavy atom. The number of aliphatic carboxylic acids is 1. The van der Waals surface area contributed by atoms with Crippen molar-refractivity contribution in [2.75, 3.05) is 18.9 Å². The number of hydrogen-bond acceptors (Lipinski definition) is 4. The van der Waals surface area contributed by atoms with Crippen LogP contribution in [-0.4, -0.2) is 41.5 Å². The Hall–Kier alpha value is -2.39. The molecule has 1 rings (SSSR count). The largest absolute Gasteiger partial charge is 0.480 e. The normalized spacial score (nSPS) is 11.7. The highest BCUT2D eigenvalue weighted by atomic mass is 16.4. The average molecular weight is 275 g/mol. The summed E-state index contributed by atoms with van der Waals surface area (Å²) in [6.45, 7) is 1.51. The Kier molecular flexibility index (Phi) is 5.69. The van der Waals surface area contributed by atoms with Crippen molar-refractivity contribution in [2.24, 2.45) is 0 Å². The molecule has 1 amide bonds. The zero-order valence-corrected chi connectivity index (χ0v) is 11.5. The van der Waals surface area contributed by atoms with E-state index in [0.29, 0.717) is 12.1 Å². The minimum absolute atomic E-state index is 0.00653. The number of carboxylic acid groups (broad SMARTS) is 1. The monoisotopic (exact) mass is 275 g/mol. The second-order valence-corrected chi connectivity index (χ2v) is 4.51. The first kappa shape index (κ1) is 15.7. The minimum Gasteiger partial charge on any atom is -0.480 e. The third kappa shape index (κ3) is 4.71. The number of likely N-dealkylation sites (N-methyl/N-ethyl adjacent to an activating group) is 1. The van der Waals surface area contributed by atoms with E-state index in [4.69, 9.17) is 10.4 Å². The molecule has 0 aromatic heterocycles. The van der Waals surface area contributed by atoms with Gasteiger partial charge in [-0.1, -0.05) is 12.1 Å². The molecule has 0 fully saturated rings. The van der Waals surface area contributed by atoms with E-state index in [1.807, 2.05) is 6.07 Å². The van der Waals surface area contributed by atoms with E-state index in [0.717, 1.165) is 5.56 Å². The maximum Gasteiger partial charge on any atom is 0.320 e. The summed E-state index contributed by atoms with van der Waals surface area (Å²) >= 11 is 0. The van der Waals surface area contributed by atoms with Gasteiger partial charge in [-0.2, -0.15) is 5.26 Å². The first-order valence-corrected chi connectivity index (χ1v) is 6.13. The van der Waals surface area contributed by atoms with Crippen LogP contribution in [0.15, 0.2) is 24.3 Å². The molecule has 106 valence electrons. The lowest BCUT2D eigenvalue weighted by atomic mass is 10.1. The Bertz CT molecular complexity index is 519. The molecule has 0 heterocycles. The van der Waals surface area contributed by atoms with Gasteiger partial charge in [-0.3, -0.25) is 14.5 Å². The third-order valence-electron chi connectivity index (χ3n) is 2.93. The van der Waals surface area contributed by atoms with Crippen LogP contribution in [0.25, 0.3) is 0 Å². The van der Waals surface area contributed by atoms with Gasteiger partial charge in [-0.05, 0) is 31.7 Å². The van der Waals surface area contributed by atoms with Crippen LogP contribution in [0.2, 0.25) is 0 Å².